The molecular formula is C19H22N4O2. The van der Waals surface area contributed by atoms with Crippen LogP contribution in [0.1, 0.15) is 33.6 Å². The van der Waals surface area contributed by atoms with Crippen LogP contribution in [-0.2, 0) is 0 Å². The number of hydrogen-bond donors (Lipinski definition) is 2. The maximum atomic E-state index is 12.8. The summed E-state index contributed by atoms with van der Waals surface area (Å²) in [5.41, 5.74) is 1.67. The lowest BCUT2D eigenvalue weighted by atomic mass is 10.1. The summed E-state index contributed by atoms with van der Waals surface area (Å²) in [6.07, 6.45) is 5.17. The highest BCUT2D eigenvalue weighted by Crippen LogP contribution is 2.21. The van der Waals surface area contributed by atoms with Crippen molar-refractivity contribution in [1.29, 1.82) is 0 Å². The summed E-state index contributed by atoms with van der Waals surface area (Å²) in [6, 6.07) is 10.7. The third-order valence-electron chi connectivity index (χ3n) is 4.37. The number of anilines is 1. The third-order valence-corrected chi connectivity index (χ3v) is 4.37. The number of likely N-dealkylation sites (tertiary alicyclic amines) is 1. The number of nitrogens with zero attached hydrogens (tertiary/aromatic N) is 2. The molecule has 2 aromatic rings. The fourth-order valence-corrected chi connectivity index (χ4v) is 3.15. The van der Waals surface area contributed by atoms with Gasteiger partial charge in [-0.05, 0) is 50.2 Å². The van der Waals surface area contributed by atoms with Crippen LogP contribution in [0.4, 0.5) is 5.69 Å². The van der Waals surface area contributed by atoms with E-state index in [-0.39, 0.29) is 17.9 Å². The molecule has 0 spiro atoms. The van der Waals surface area contributed by atoms with Gasteiger partial charge in [0.2, 0.25) is 0 Å². The molecule has 1 aromatic heterocycles. The molecule has 1 atom stereocenters. The predicted molar refractivity (Wildman–Crippen MR) is 96.6 cm³/mol. The highest BCUT2D eigenvalue weighted by molar-refractivity contribution is 6.05. The summed E-state index contributed by atoms with van der Waals surface area (Å²) in [6.45, 7) is 1.57. The molecule has 0 aliphatic carbocycles. The fourth-order valence-electron chi connectivity index (χ4n) is 3.15. The monoisotopic (exact) mass is 338 g/mol. The molecule has 1 unspecified atom stereocenters. The molecule has 130 valence electrons. The molecular weight excluding hydrogens is 316 g/mol. The molecule has 0 saturated carbocycles. The van der Waals surface area contributed by atoms with Gasteiger partial charge in [-0.3, -0.25) is 14.6 Å². The highest BCUT2D eigenvalue weighted by Gasteiger charge is 2.28. The maximum Gasteiger partial charge on any atom is 0.257 e. The standard InChI is InChI=1S/C19H22N4O2/c1-20-13-17-8-4-10-23(17)19(25)14-5-2-7-16(11-14)22-18(24)15-6-3-9-21-12-15/h2-3,5-7,9,11-12,17,20H,4,8,10,13H2,1H3,(H,22,24). The minimum atomic E-state index is -0.244. The maximum absolute atomic E-state index is 12.8. The fraction of sp³-hybridized carbons (Fsp3) is 0.316. The molecule has 1 saturated heterocycles. The second kappa shape index (κ2) is 7.90. The van der Waals surface area contributed by atoms with Crippen molar-refractivity contribution in [2.24, 2.45) is 0 Å². The van der Waals surface area contributed by atoms with E-state index in [0.717, 1.165) is 25.9 Å². The summed E-state index contributed by atoms with van der Waals surface area (Å²) in [5, 5.41) is 5.96. The molecule has 2 amide bonds. The summed E-state index contributed by atoms with van der Waals surface area (Å²) in [4.78, 5) is 30.9. The van der Waals surface area contributed by atoms with E-state index >= 15 is 0 Å². The summed E-state index contributed by atoms with van der Waals surface area (Å²) in [7, 11) is 1.90. The van der Waals surface area contributed by atoms with Gasteiger partial charge in [0.05, 0.1) is 5.56 Å². The summed E-state index contributed by atoms with van der Waals surface area (Å²) >= 11 is 0. The quantitative estimate of drug-likeness (QED) is 0.876. The Balaban J connectivity index is 1.73. The average Bonchev–Trinajstić information content (AvgIpc) is 3.10. The van der Waals surface area contributed by atoms with E-state index < -0.39 is 0 Å². The van der Waals surface area contributed by atoms with Crippen LogP contribution >= 0.6 is 0 Å². The van der Waals surface area contributed by atoms with Gasteiger partial charge in [0, 0.05) is 42.8 Å². The van der Waals surface area contributed by atoms with Gasteiger partial charge in [-0.15, -0.1) is 0 Å². The smallest absolute Gasteiger partial charge is 0.257 e. The second-order valence-electron chi connectivity index (χ2n) is 6.13. The van der Waals surface area contributed by atoms with Crippen molar-refractivity contribution in [1.82, 2.24) is 15.2 Å². The van der Waals surface area contributed by atoms with E-state index in [1.54, 1.807) is 42.6 Å². The number of nitrogens with one attached hydrogen (secondary N) is 2. The molecule has 2 heterocycles. The minimum Gasteiger partial charge on any atom is -0.334 e. The van der Waals surface area contributed by atoms with Crippen LogP contribution in [-0.4, -0.2) is 47.9 Å². The molecule has 1 aromatic carbocycles. The molecule has 0 bridgehead atoms. The lowest BCUT2D eigenvalue weighted by Gasteiger charge is -2.24. The van der Waals surface area contributed by atoms with E-state index in [9.17, 15) is 9.59 Å². The van der Waals surface area contributed by atoms with Gasteiger partial charge in [-0.1, -0.05) is 6.07 Å². The van der Waals surface area contributed by atoms with Crippen LogP contribution < -0.4 is 10.6 Å². The number of benzene rings is 1. The number of pyridine rings is 1. The van der Waals surface area contributed by atoms with Crippen molar-refractivity contribution in [3.8, 4) is 0 Å². The van der Waals surface area contributed by atoms with Crippen LogP contribution in [0, 0.1) is 0 Å². The lowest BCUT2D eigenvalue weighted by Crippen LogP contribution is -2.40. The molecule has 1 aliphatic heterocycles. The van der Waals surface area contributed by atoms with E-state index in [1.807, 2.05) is 11.9 Å². The number of likely N-dealkylation sites (N-methyl/N-ethyl adjacent to an activating group) is 1. The Hall–Kier alpha value is -2.73. The Morgan fingerprint density at radius 3 is 2.84 bits per heavy atom. The number of carbonyl (C=O) groups excluding carboxylic acids is 2. The van der Waals surface area contributed by atoms with Gasteiger partial charge in [-0.2, -0.15) is 0 Å². The first-order valence-corrected chi connectivity index (χ1v) is 8.46. The van der Waals surface area contributed by atoms with Crippen molar-refractivity contribution in [3.63, 3.8) is 0 Å². The Bertz CT molecular complexity index is 748. The Labute approximate surface area is 147 Å². The van der Waals surface area contributed by atoms with E-state index in [2.05, 4.69) is 15.6 Å². The molecule has 6 nitrogen and oxygen atoms in total. The number of aromatic nitrogens is 1. The van der Waals surface area contributed by atoms with E-state index in [0.29, 0.717) is 16.8 Å². The normalized spacial score (nSPS) is 16.7. The second-order valence-corrected chi connectivity index (χ2v) is 6.13. The number of rotatable bonds is 5. The molecule has 0 radical (unpaired) electrons. The van der Waals surface area contributed by atoms with Crippen molar-refractivity contribution in [2.45, 2.75) is 18.9 Å². The molecule has 1 fully saturated rings. The SMILES string of the molecule is CNCC1CCCN1C(=O)c1cccc(NC(=O)c2cccnc2)c1. The first-order chi connectivity index (χ1) is 12.2. The van der Waals surface area contributed by atoms with E-state index in [4.69, 9.17) is 0 Å². The third kappa shape index (κ3) is 4.03. The van der Waals surface area contributed by atoms with Crippen LogP contribution in [0.2, 0.25) is 0 Å². The first kappa shape index (κ1) is 17.1. The van der Waals surface area contributed by atoms with Gasteiger partial charge in [0.15, 0.2) is 0 Å². The van der Waals surface area contributed by atoms with Crippen LogP contribution in [0.5, 0.6) is 0 Å². The summed E-state index contributed by atoms with van der Waals surface area (Å²) in [5.74, 6) is -0.234. The largest absolute Gasteiger partial charge is 0.334 e. The zero-order valence-corrected chi connectivity index (χ0v) is 14.2. The molecule has 25 heavy (non-hydrogen) atoms. The Kier molecular flexibility index (Phi) is 5.40. The first-order valence-electron chi connectivity index (χ1n) is 8.46. The zero-order chi connectivity index (χ0) is 17.6. The Morgan fingerprint density at radius 2 is 2.08 bits per heavy atom. The van der Waals surface area contributed by atoms with Crippen molar-refractivity contribution >= 4 is 17.5 Å². The number of carbonyl (C=O) groups is 2. The molecule has 6 heteroatoms. The minimum absolute atomic E-state index is 0.00947. The molecule has 2 N–H and O–H groups in total. The van der Waals surface area contributed by atoms with Gasteiger partial charge in [0.25, 0.3) is 11.8 Å². The highest BCUT2D eigenvalue weighted by atomic mass is 16.2. The van der Waals surface area contributed by atoms with Crippen molar-refractivity contribution < 1.29 is 9.59 Å². The molecule has 3 rings (SSSR count). The lowest BCUT2D eigenvalue weighted by molar-refractivity contribution is 0.0736. The van der Waals surface area contributed by atoms with Crippen LogP contribution in [0.15, 0.2) is 48.8 Å². The zero-order valence-electron chi connectivity index (χ0n) is 14.2. The van der Waals surface area contributed by atoms with E-state index in [1.165, 1.54) is 6.20 Å². The average molecular weight is 338 g/mol. The van der Waals surface area contributed by atoms with Crippen molar-refractivity contribution in [2.75, 3.05) is 25.5 Å². The van der Waals surface area contributed by atoms with Crippen molar-refractivity contribution in [3.05, 3.63) is 59.9 Å². The number of amides is 2. The topological polar surface area (TPSA) is 74.3 Å². The van der Waals surface area contributed by atoms with Gasteiger partial charge >= 0.3 is 0 Å². The Morgan fingerprint density at radius 1 is 1.24 bits per heavy atom. The van der Waals surface area contributed by atoms with Gasteiger partial charge in [0.1, 0.15) is 0 Å². The van der Waals surface area contributed by atoms with Gasteiger partial charge in [-0.25, -0.2) is 0 Å². The number of hydrogen-bond acceptors (Lipinski definition) is 4. The predicted octanol–water partition coefficient (Wildman–Crippen LogP) is 2.16. The van der Waals surface area contributed by atoms with Crippen LogP contribution in [0.25, 0.3) is 0 Å². The van der Waals surface area contributed by atoms with Gasteiger partial charge < -0.3 is 15.5 Å². The van der Waals surface area contributed by atoms with Crippen LogP contribution in [0.3, 0.4) is 0 Å². The summed E-state index contributed by atoms with van der Waals surface area (Å²) < 4.78 is 0. The molecule has 1 aliphatic rings.